The SMILES string of the molecule is CCCCc1ccc(COc2ccc(CCCOc3ccc(C(=O)O)cc3C(=O)NC3CCCC(C(=O)O)C3)cc2)cc1. The van der Waals surface area contributed by atoms with Crippen molar-refractivity contribution in [1.29, 1.82) is 0 Å². The minimum absolute atomic E-state index is 0.0177. The minimum atomic E-state index is -1.14. The van der Waals surface area contributed by atoms with Gasteiger partial charge in [0, 0.05) is 6.04 Å². The van der Waals surface area contributed by atoms with E-state index in [0.29, 0.717) is 51.1 Å². The van der Waals surface area contributed by atoms with Crippen LogP contribution in [0.4, 0.5) is 0 Å². The van der Waals surface area contributed by atoms with Crippen molar-refractivity contribution in [3.63, 3.8) is 0 Å². The molecule has 0 spiro atoms. The van der Waals surface area contributed by atoms with E-state index in [9.17, 15) is 24.6 Å². The number of hydrogen-bond acceptors (Lipinski definition) is 5. The van der Waals surface area contributed by atoms with Crippen LogP contribution in [0.3, 0.4) is 0 Å². The highest BCUT2D eigenvalue weighted by atomic mass is 16.5. The number of carboxylic acid groups (broad SMARTS) is 2. The first kappa shape index (κ1) is 31.6. The minimum Gasteiger partial charge on any atom is -0.493 e. The van der Waals surface area contributed by atoms with Crippen LogP contribution in [-0.4, -0.2) is 40.7 Å². The lowest BCUT2D eigenvalue weighted by atomic mass is 9.85. The number of unbranched alkanes of at least 4 members (excludes halogenated alkanes) is 1. The summed E-state index contributed by atoms with van der Waals surface area (Å²) in [4.78, 5) is 36.1. The molecule has 8 nitrogen and oxygen atoms in total. The number of carbonyl (C=O) groups excluding carboxylic acids is 1. The lowest BCUT2D eigenvalue weighted by Crippen LogP contribution is -2.40. The van der Waals surface area contributed by atoms with Crippen molar-refractivity contribution in [3.8, 4) is 11.5 Å². The number of benzene rings is 3. The standard InChI is InChI=1S/C35H41NO7/c1-2-3-6-24-10-12-26(13-11-24)23-43-30-17-14-25(15-18-30)7-5-20-42-32-19-16-28(35(40)41)22-31(32)33(37)36-29-9-4-8-27(21-29)34(38)39/h10-19,22,27,29H,2-9,20-21,23H2,1H3,(H,36,37)(H,38,39)(H,40,41). The summed E-state index contributed by atoms with van der Waals surface area (Å²) in [5, 5.41) is 21.7. The molecule has 3 N–H and O–H groups in total. The molecular formula is C35H41NO7. The second-order valence-electron chi connectivity index (χ2n) is 11.2. The zero-order valence-electron chi connectivity index (χ0n) is 24.7. The molecule has 8 heteroatoms. The molecule has 43 heavy (non-hydrogen) atoms. The topological polar surface area (TPSA) is 122 Å². The van der Waals surface area contributed by atoms with Crippen molar-refractivity contribution in [2.24, 2.45) is 5.92 Å². The Hall–Kier alpha value is -4.33. The fourth-order valence-corrected chi connectivity index (χ4v) is 5.34. The molecule has 1 amide bonds. The van der Waals surface area contributed by atoms with Gasteiger partial charge in [0.15, 0.2) is 0 Å². The number of aromatic carboxylic acids is 1. The molecule has 0 saturated heterocycles. The summed E-state index contributed by atoms with van der Waals surface area (Å²) < 4.78 is 11.9. The van der Waals surface area contributed by atoms with Gasteiger partial charge in [0.2, 0.25) is 0 Å². The van der Waals surface area contributed by atoms with Crippen LogP contribution in [0.2, 0.25) is 0 Å². The lowest BCUT2D eigenvalue weighted by Gasteiger charge is -2.27. The number of carbonyl (C=O) groups is 3. The molecule has 0 bridgehead atoms. The van der Waals surface area contributed by atoms with E-state index in [-0.39, 0.29) is 17.2 Å². The molecule has 0 aliphatic heterocycles. The number of ether oxygens (including phenoxy) is 2. The fourth-order valence-electron chi connectivity index (χ4n) is 5.34. The van der Waals surface area contributed by atoms with E-state index >= 15 is 0 Å². The summed E-state index contributed by atoms with van der Waals surface area (Å²) >= 11 is 0. The molecule has 3 aromatic carbocycles. The van der Waals surface area contributed by atoms with Crippen molar-refractivity contribution in [2.75, 3.05) is 6.61 Å². The highest BCUT2D eigenvalue weighted by Gasteiger charge is 2.29. The Kier molecular flexibility index (Phi) is 11.6. The maximum atomic E-state index is 13.1. The highest BCUT2D eigenvalue weighted by Crippen LogP contribution is 2.26. The van der Waals surface area contributed by atoms with Crippen LogP contribution in [0, 0.1) is 5.92 Å². The molecule has 2 atom stereocenters. The maximum absolute atomic E-state index is 13.1. The van der Waals surface area contributed by atoms with Crippen molar-refractivity contribution >= 4 is 17.8 Å². The largest absolute Gasteiger partial charge is 0.493 e. The van der Waals surface area contributed by atoms with Crippen LogP contribution in [0.5, 0.6) is 11.5 Å². The summed E-state index contributed by atoms with van der Waals surface area (Å²) in [6.07, 6.45) is 7.28. The lowest BCUT2D eigenvalue weighted by molar-refractivity contribution is -0.143. The molecular weight excluding hydrogens is 546 g/mol. The van der Waals surface area contributed by atoms with Crippen LogP contribution in [-0.2, 0) is 24.2 Å². The van der Waals surface area contributed by atoms with Gasteiger partial charge in [0.25, 0.3) is 5.91 Å². The average molecular weight is 588 g/mol. The molecule has 228 valence electrons. The van der Waals surface area contributed by atoms with Gasteiger partial charge in [-0.2, -0.15) is 0 Å². The van der Waals surface area contributed by atoms with Gasteiger partial charge in [0.05, 0.1) is 23.7 Å². The Morgan fingerprint density at radius 2 is 1.51 bits per heavy atom. The Bertz CT molecular complexity index is 1370. The van der Waals surface area contributed by atoms with E-state index in [1.54, 1.807) is 0 Å². The van der Waals surface area contributed by atoms with Gasteiger partial charge in [-0.05, 0) is 92.0 Å². The van der Waals surface area contributed by atoms with Crippen molar-refractivity contribution in [2.45, 2.75) is 77.4 Å². The van der Waals surface area contributed by atoms with E-state index in [1.165, 1.54) is 36.6 Å². The van der Waals surface area contributed by atoms with E-state index in [0.717, 1.165) is 29.7 Å². The van der Waals surface area contributed by atoms with Gasteiger partial charge < -0.3 is 25.0 Å². The van der Waals surface area contributed by atoms with Crippen LogP contribution >= 0.6 is 0 Å². The number of aliphatic carboxylic acids is 1. The quantitative estimate of drug-likeness (QED) is 0.169. The van der Waals surface area contributed by atoms with Crippen LogP contribution in [0.1, 0.15) is 89.3 Å². The molecule has 0 aromatic heterocycles. The smallest absolute Gasteiger partial charge is 0.335 e. The predicted molar refractivity (Wildman–Crippen MR) is 164 cm³/mol. The van der Waals surface area contributed by atoms with Gasteiger partial charge >= 0.3 is 11.9 Å². The average Bonchev–Trinajstić information content (AvgIpc) is 3.02. The molecule has 2 unspecified atom stereocenters. The summed E-state index contributed by atoms with van der Waals surface area (Å²) in [5.74, 6) is -1.85. The van der Waals surface area contributed by atoms with E-state index in [1.807, 2.05) is 24.3 Å². The number of hydrogen-bond donors (Lipinski definition) is 3. The molecule has 1 saturated carbocycles. The number of carboxylic acids is 2. The van der Waals surface area contributed by atoms with E-state index in [4.69, 9.17) is 9.47 Å². The molecule has 1 fully saturated rings. The van der Waals surface area contributed by atoms with Gasteiger partial charge in [0.1, 0.15) is 18.1 Å². The predicted octanol–water partition coefficient (Wildman–Crippen LogP) is 6.69. The molecule has 3 aromatic rings. The normalized spacial score (nSPS) is 16.3. The number of rotatable bonds is 15. The molecule has 0 radical (unpaired) electrons. The Morgan fingerprint density at radius 1 is 0.837 bits per heavy atom. The third kappa shape index (κ3) is 9.60. The zero-order chi connectivity index (χ0) is 30.6. The summed E-state index contributed by atoms with van der Waals surface area (Å²) in [6, 6.07) is 20.5. The van der Waals surface area contributed by atoms with Crippen molar-refractivity contribution in [3.05, 3.63) is 94.5 Å². The Labute approximate surface area is 253 Å². The number of nitrogens with one attached hydrogen (secondary N) is 1. The molecule has 4 rings (SSSR count). The monoisotopic (exact) mass is 587 g/mol. The maximum Gasteiger partial charge on any atom is 0.335 e. The molecule has 1 aliphatic rings. The second-order valence-corrected chi connectivity index (χ2v) is 11.2. The Balaban J connectivity index is 1.27. The van der Waals surface area contributed by atoms with E-state index < -0.39 is 23.8 Å². The van der Waals surface area contributed by atoms with Gasteiger partial charge in [-0.3, -0.25) is 9.59 Å². The van der Waals surface area contributed by atoms with Crippen molar-refractivity contribution in [1.82, 2.24) is 5.32 Å². The molecule has 1 aliphatic carbocycles. The summed E-state index contributed by atoms with van der Waals surface area (Å²) in [5.41, 5.74) is 3.73. The van der Waals surface area contributed by atoms with Gasteiger partial charge in [-0.1, -0.05) is 56.2 Å². The van der Waals surface area contributed by atoms with E-state index in [2.05, 4.69) is 36.5 Å². The fraction of sp³-hybridized carbons (Fsp3) is 0.400. The van der Waals surface area contributed by atoms with Crippen LogP contribution in [0.15, 0.2) is 66.7 Å². The molecule has 0 heterocycles. The van der Waals surface area contributed by atoms with Gasteiger partial charge in [-0.25, -0.2) is 4.79 Å². The summed E-state index contributed by atoms with van der Waals surface area (Å²) in [6.45, 7) is 3.05. The zero-order valence-corrected chi connectivity index (χ0v) is 24.7. The first-order chi connectivity index (χ1) is 20.8. The van der Waals surface area contributed by atoms with Gasteiger partial charge in [-0.15, -0.1) is 0 Å². The first-order valence-electron chi connectivity index (χ1n) is 15.2. The van der Waals surface area contributed by atoms with Crippen molar-refractivity contribution < 1.29 is 34.1 Å². The summed E-state index contributed by atoms with van der Waals surface area (Å²) in [7, 11) is 0. The third-order valence-corrected chi connectivity index (χ3v) is 7.87. The second kappa shape index (κ2) is 15.8. The Morgan fingerprint density at radius 3 is 2.19 bits per heavy atom. The van der Waals surface area contributed by atoms with Crippen LogP contribution in [0.25, 0.3) is 0 Å². The third-order valence-electron chi connectivity index (χ3n) is 7.87. The highest BCUT2D eigenvalue weighted by molar-refractivity contribution is 6.00. The number of aryl methyl sites for hydroxylation is 2. The van der Waals surface area contributed by atoms with Crippen LogP contribution < -0.4 is 14.8 Å². The first-order valence-corrected chi connectivity index (χ1v) is 15.2. The number of amides is 1.